The molecule has 0 aromatic carbocycles. The highest BCUT2D eigenvalue weighted by Crippen LogP contribution is 1.96. The Kier molecular flexibility index (Phi) is 2.06. The molecule has 10 heavy (non-hydrogen) atoms. The first-order chi connectivity index (χ1) is 4.83. The van der Waals surface area contributed by atoms with Gasteiger partial charge in [-0.15, -0.1) is 0 Å². The van der Waals surface area contributed by atoms with Crippen molar-refractivity contribution in [1.29, 1.82) is 5.26 Å². The van der Waals surface area contributed by atoms with Crippen LogP contribution in [-0.4, -0.2) is 9.78 Å². The van der Waals surface area contributed by atoms with Crippen molar-refractivity contribution in [2.45, 2.75) is 12.8 Å². The summed E-state index contributed by atoms with van der Waals surface area (Å²) in [6.07, 6.45) is 3.20. The Bertz CT molecular complexity index is 244. The van der Waals surface area contributed by atoms with E-state index in [4.69, 9.17) is 5.26 Å². The maximum atomic E-state index is 8.25. The minimum Gasteiger partial charge on any atom is -0.276 e. The van der Waals surface area contributed by atoms with Gasteiger partial charge in [-0.1, -0.05) is 0 Å². The minimum absolute atomic E-state index is 0.553. The van der Waals surface area contributed by atoms with E-state index >= 15 is 0 Å². The van der Waals surface area contributed by atoms with Gasteiger partial charge in [-0.2, -0.15) is 10.4 Å². The van der Waals surface area contributed by atoms with Crippen LogP contribution in [0.15, 0.2) is 12.3 Å². The summed E-state index contributed by atoms with van der Waals surface area (Å²) in [5.74, 6) is 0. The average molecular weight is 135 g/mol. The molecular weight excluding hydrogens is 126 g/mol. The summed E-state index contributed by atoms with van der Waals surface area (Å²) >= 11 is 0. The molecule has 0 aliphatic rings. The van der Waals surface area contributed by atoms with Gasteiger partial charge < -0.3 is 0 Å². The second-order valence-electron chi connectivity index (χ2n) is 2.14. The van der Waals surface area contributed by atoms with Gasteiger partial charge in [0.05, 0.1) is 11.8 Å². The topological polar surface area (TPSA) is 41.6 Å². The predicted molar refractivity (Wildman–Crippen MR) is 37.1 cm³/mol. The van der Waals surface area contributed by atoms with E-state index in [0.29, 0.717) is 6.42 Å². The van der Waals surface area contributed by atoms with Gasteiger partial charge >= 0.3 is 0 Å². The molecule has 3 nitrogen and oxygen atoms in total. The normalized spacial score (nSPS) is 9.20. The van der Waals surface area contributed by atoms with E-state index in [1.54, 1.807) is 4.68 Å². The molecular formula is C7H9N3. The van der Waals surface area contributed by atoms with Gasteiger partial charge in [0, 0.05) is 26.1 Å². The second-order valence-corrected chi connectivity index (χ2v) is 2.14. The molecule has 1 heterocycles. The lowest BCUT2D eigenvalue weighted by molar-refractivity contribution is 0.740. The van der Waals surface area contributed by atoms with Gasteiger partial charge in [0.15, 0.2) is 0 Å². The van der Waals surface area contributed by atoms with Crippen molar-refractivity contribution in [2.24, 2.45) is 7.05 Å². The molecule has 0 saturated heterocycles. The summed E-state index contributed by atoms with van der Waals surface area (Å²) in [6, 6.07) is 4.00. The maximum absolute atomic E-state index is 8.25. The highest BCUT2D eigenvalue weighted by molar-refractivity contribution is 5.00. The van der Waals surface area contributed by atoms with Crippen molar-refractivity contribution in [2.75, 3.05) is 0 Å². The first-order valence-corrected chi connectivity index (χ1v) is 3.18. The van der Waals surface area contributed by atoms with Crippen LogP contribution in [0.4, 0.5) is 0 Å². The van der Waals surface area contributed by atoms with Crippen LogP contribution >= 0.6 is 0 Å². The van der Waals surface area contributed by atoms with Gasteiger partial charge in [0.2, 0.25) is 0 Å². The molecule has 1 aromatic rings. The van der Waals surface area contributed by atoms with Crippen molar-refractivity contribution in [3.63, 3.8) is 0 Å². The molecule has 1 aromatic heterocycles. The monoisotopic (exact) mass is 135 g/mol. The van der Waals surface area contributed by atoms with Crippen LogP contribution in [0.25, 0.3) is 0 Å². The van der Waals surface area contributed by atoms with Crippen LogP contribution < -0.4 is 0 Å². The molecule has 0 atom stereocenters. The van der Waals surface area contributed by atoms with E-state index in [2.05, 4.69) is 11.2 Å². The lowest BCUT2D eigenvalue weighted by atomic mass is 10.2. The molecule has 0 fully saturated rings. The number of nitriles is 1. The Morgan fingerprint density at radius 3 is 3.10 bits per heavy atom. The first-order valence-electron chi connectivity index (χ1n) is 3.18. The number of aryl methyl sites for hydroxylation is 2. The zero-order valence-corrected chi connectivity index (χ0v) is 5.91. The van der Waals surface area contributed by atoms with Crippen molar-refractivity contribution in [1.82, 2.24) is 9.78 Å². The van der Waals surface area contributed by atoms with Gasteiger partial charge in [0.1, 0.15) is 0 Å². The number of hydrogen-bond donors (Lipinski definition) is 0. The highest BCUT2D eigenvalue weighted by Gasteiger charge is 1.93. The van der Waals surface area contributed by atoms with Crippen molar-refractivity contribution < 1.29 is 0 Å². The quantitative estimate of drug-likeness (QED) is 0.604. The van der Waals surface area contributed by atoms with E-state index in [1.807, 2.05) is 19.3 Å². The van der Waals surface area contributed by atoms with Crippen molar-refractivity contribution >= 4 is 0 Å². The highest BCUT2D eigenvalue weighted by atomic mass is 15.2. The molecule has 0 radical (unpaired) electrons. The fraction of sp³-hybridized carbons (Fsp3) is 0.429. The summed E-state index contributed by atoms with van der Waals surface area (Å²) in [7, 11) is 1.87. The Morgan fingerprint density at radius 1 is 1.80 bits per heavy atom. The lowest BCUT2D eigenvalue weighted by Gasteiger charge is -1.86. The Labute approximate surface area is 59.9 Å². The molecule has 0 unspecified atom stereocenters. The molecule has 52 valence electrons. The third-order valence-corrected chi connectivity index (χ3v) is 1.26. The summed E-state index contributed by atoms with van der Waals surface area (Å²) in [5, 5.41) is 12.4. The largest absolute Gasteiger partial charge is 0.276 e. The Balaban J connectivity index is 2.52. The molecule has 0 amide bonds. The summed E-state index contributed by atoms with van der Waals surface area (Å²) < 4.78 is 1.74. The van der Waals surface area contributed by atoms with Crippen LogP contribution in [0.2, 0.25) is 0 Å². The van der Waals surface area contributed by atoms with E-state index in [1.165, 1.54) is 0 Å². The fourth-order valence-electron chi connectivity index (χ4n) is 0.780. The van der Waals surface area contributed by atoms with E-state index in [0.717, 1.165) is 12.1 Å². The Morgan fingerprint density at radius 2 is 2.60 bits per heavy atom. The molecule has 0 aliphatic carbocycles. The van der Waals surface area contributed by atoms with E-state index in [-0.39, 0.29) is 0 Å². The first kappa shape index (κ1) is 6.81. The molecule has 0 aliphatic heterocycles. The molecule has 3 heteroatoms. The Hall–Kier alpha value is -1.30. The zero-order valence-electron chi connectivity index (χ0n) is 5.91. The lowest BCUT2D eigenvalue weighted by Crippen LogP contribution is -1.90. The minimum atomic E-state index is 0.553. The third-order valence-electron chi connectivity index (χ3n) is 1.26. The SMILES string of the molecule is Cn1ccc(CCC#N)n1. The average Bonchev–Trinajstić information content (AvgIpc) is 2.31. The van der Waals surface area contributed by atoms with E-state index in [9.17, 15) is 0 Å². The number of aromatic nitrogens is 2. The predicted octanol–water partition coefficient (Wildman–Crippen LogP) is 0.876. The molecule has 0 N–H and O–H groups in total. The molecule has 0 saturated carbocycles. The van der Waals surface area contributed by atoms with Gasteiger partial charge in [-0.25, -0.2) is 0 Å². The summed E-state index contributed by atoms with van der Waals surface area (Å²) in [4.78, 5) is 0. The summed E-state index contributed by atoms with van der Waals surface area (Å²) in [5.41, 5.74) is 0.990. The van der Waals surface area contributed by atoms with Crippen LogP contribution in [0.1, 0.15) is 12.1 Å². The third kappa shape index (κ3) is 1.59. The standard InChI is InChI=1S/C7H9N3/c1-10-6-4-7(9-10)3-2-5-8/h4,6H,2-3H2,1H3. The van der Waals surface area contributed by atoms with E-state index < -0.39 is 0 Å². The second kappa shape index (κ2) is 3.02. The van der Waals surface area contributed by atoms with Gasteiger partial charge in [-0.05, 0) is 6.07 Å². The van der Waals surface area contributed by atoms with Crippen LogP contribution in [0.5, 0.6) is 0 Å². The zero-order chi connectivity index (χ0) is 7.40. The number of hydrogen-bond acceptors (Lipinski definition) is 2. The molecule has 1 rings (SSSR count). The summed E-state index contributed by atoms with van der Waals surface area (Å²) in [6.45, 7) is 0. The number of nitrogens with zero attached hydrogens (tertiary/aromatic N) is 3. The van der Waals surface area contributed by atoms with Gasteiger partial charge in [0.25, 0.3) is 0 Å². The molecule has 0 spiro atoms. The molecule has 0 bridgehead atoms. The fourth-order valence-corrected chi connectivity index (χ4v) is 0.780. The van der Waals surface area contributed by atoms with Gasteiger partial charge in [-0.3, -0.25) is 4.68 Å². The van der Waals surface area contributed by atoms with Crippen LogP contribution in [0, 0.1) is 11.3 Å². The van der Waals surface area contributed by atoms with Crippen molar-refractivity contribution in [3.8, 4) is 6.07 Å². The number of rotatable bonds is 2. The van der Waals surface area contributed by atoms with Crippen molar-refractivity contribution in [3.05, 3.63) is 18.0 Å². The van der Waals surface area contributed by atoms with Crippen LogP contribution in [-0.2, 0) is 13.5 Å². The van der Waals surface area contributed by atoms with Crippen LogP contribution in [0.3, 0.4) is 0 Å². The maximum Gasteiger partial charge on any atom is 0.0634 e. The smallest absolute Gasteiger partial charge is 0.0634 e.